The lowest BCUT2D eigenvalue weighted by atomic mass is 10.1. The quantitative estimate of drug-likeness (QED) is 0.651. The fourth-order valence-corrected chi connectivity index (χ4v) is 3.69. The van der Waals surface area contributed by atoms with Crippen LogP contribution in [-0.2, 0) is 9.84 Å². The minimum atomic E-state index is -3.18. The number of carbonyl (C=O) groups is 1. The molecule has 1 amide bonds. The van der Waals surface area contributed by atoms with Crippen molar-refractivity contribution in [2.24, 2.45) is 0 Å². The number of nitrogens with one attached hydrogen (secondary N) is 1. The highest BCUT2D eigenvalue weighted by Gasteiger charge is 2.30. The van der Waals surface area contributed by atoms with Crippen molar-refractivity contribution in [3.63, 3.8) is 0 Å². The van der Waals surface area contributed by atoms with E-state index in [1.165, 1.54) is 0 Å². The van der Waals surface area contributed by atoms with Gasteiger partial charge in [0.2, 0.25) is 0 Å². The van der Waals surface area contributed by atoms with E-state index in [-0.39, 0.29) is 17.9 Å². The normalized spacial score (nSPS) is 20.6. The van der Waals surface area contributed by atoms with Crippen molar-refractivity contribution in [3.05, 3.63) is 39.7 Å². The maximum atomic E-state index is 13.1. The second-order valence-electron chi connectivity index (χ2n) is 4.49. The van der Waals surface area contributed by atoms with Crippen LogP contribution in [0.15, 0.2) is 18.2 Å². The summed E-state index contributed by atoms with van der Waals surface area (Å²) < 4.78 is 35.6. The van der Waals surface area contributed by atoms with E-state index in [1.54, 1.807) is 0 Å². The minimum absolute atomic E-state index is 0.0385. The third-order valence-electron chi connectivity index (χ3n) is 2.97. The van der Waals surface area contributed by atoms with Crippen molar-refractivity contribution >= 4 is 21.4 Å². The zero-order valence-corrected chi connectivity index (χ0v) is 11.0. The maximum absolute atomic E-state index is 13.1. The van der Waals surface area contributed by atoms with Gasteiger partial charge < -0.3 is 5.32 Å². The molecule has 0 aromatic heterocycles. The number of rotatable bonds is 3. The molecule has 1 aliphatic heterocycles. The lowest BCUT2D eigenvalue weighted by molar-refractivity contribution is -0.385. The van der Waals surface area contributed by atoms with Crippen molar-refractivity contribution < 1.29 is 22.5 Å². The first-order valence-electron chi connectivity index (χ1n) is 5.74. The predicted octanol–water partition coefficient (Wildman–Crippen LogP) is 0.651. The molecule has 0 radical (unpaired) electrons. The van der Waals surface area contributed by atoms with Crippen LogP contribution >= 0.6 is 0 Å². The number of carbonyl (C=O) groups excluding carboxylic acids is 1. The first-order chi connectivity index (χ1) is 9.28. The summed E-state index contributed by atoms with van der Waals surface area (Å²) in [5.41, 5.74) is -0.941. The molecule has 1 atom stereocenters. The van der Waals surface area contributed by atoms with Crippen LogP contribution in [0.4, 0.5) is 10.1 Å². The predicted molar refractivity (Wildman–Crippen MR) is 67.6 cm³/mol. The Kier molecular flexibility index (Phi) is 3.71. The number of amides is 1. The van der Waals surface area contributed by atoms with Crippen LogP contribution in [0.3, 0.4) is 0 Å². The van der Waals surface area contributed by atoms with Crippen LogP contribution in [0.1, 0.15) is 16.8 Å². The average Bonchev–Trinajstić information content (AvgIpc) is 2.68. The maximum Gasteiger partial charge on any atom is 0.282 e. The second-order valence-corrected chi connectivity index (χ2v) is 6.72. The molecule has 1 fully saturated rings. The van der Waals surface area contributed by atoms with Crippen molar-refractivity contribution in [1.82, 2.24) is 5.32 Å². The summed E-state index contributed by atoms with van der Waals surface area (Å²) in [5, 5.41) is 13.2. The molecule has 1 saturated heterocycles. The molecule has 1 unspecified atom stereocenters. The lowest BCUT2D eigenvalue weighted by Crippen LogP contribution is -2.35. The van der Waals surface area contributed by atoms with E-state index in [1.807, 2.05) is 0 Å². The smallest absolute Gasteiger partial charge is 0.282 e. The Morgan fingerprint density at radius 2 is 2.15 bits per heavy atom. The Morgan fingerprint density at radius 1 is 1.45 bits per heavy atom. The van der Waals surface area contributed by atoms with E-state index >= 15 is 0 Å². The molecule has 0 bridgehead atoms. The van der Waals surface area contributed by atoms with Gasteiger partial charge in [-0.1, -0.05) is 0 Å². The molecule has 7 nitrogen and oxygen atoms in total. The van der Waals surface area contributed by atoms with Crippen LogP contribution in [0.2, 0.25) is 0 Å². The van der Waals surface area contributed by atoms with E-state index in [4.69, 9.17) is 0 Å². The molecule has 20 heavy (non-hydrogen) atoms. The molecule has 108 valence electrons. The molecule has 1 N–H and O–H groups in total. The summed E-state index contributed by atoms with van der Waals surface area (Å²) in [5.74, 6) is -1.87. The fourth-order valence-electron chi connectivity index (χ4n) is 2.02. The zero-order chi connectivity index (χ0) is 14.9. The molecule has 2 rings (SSSR count). The molecule has 1 aromatic rings. The van der Waals surface area contributed by atoms with E-state index < -0.39 is 43.8 Å². The molecule has 1 aliphatic rings. The molecule has 0 saturated carbocycles. The van der Waals surface area contributed by atoms with Crippen molar-refractivity contribution in [2.75, 3.05) is 11.5 Å². The molecular weight excluding hydrogens is 291 g/mol. The minimum Gasteiger partial charge on any atom is -0.348 e. The Balaban J connectivity index is 2.21. The largest absolute Gasteiger partial charge is 0.348 e. The van der Waals surface area contributed by atoms with Gasteiger partial charge in [0.05, 0.1) is 16.4 Å². The van der Waals surface area contributed by atoms with Crippen LogP contribution in [0.25, 0.3) is 0 Å². The molecule has 1 aromatic carbocycles. The molecular formula is C11H11FN2O5S. The van der Waals surface area contributed by atoms with Gasteiger partial charge in [-0.15, -0.1) is 0 Å². The van der Waals surface area contributed by atoms with Gasteiger partial charge in [-0.2, -0.15) is 0 Å². The van der Waals surface area contributed by atoms with Gasteiger partial charge >= 0.3 is 0 Å². The molecule has 9 heteroatoms. The number of nitro groups is 1. The highest BCUT2D eigenvalue weighted by molar-refractivity contribution is 7.91. The molecule has 0 spiro atoms. The zero-order valence-electron chi connectivity index (χ0n) is 10.2. The number of nitro benzene ring substituents is 1. The number of hydrogen-bond acceptors (Lipinski definition) is 5. The van der Waals surface area contributed by atoms with Gasteiger partial charge in [0.1, 0.15) is 11.4 Å². The van der Waals surface area contributed by atoms with Crippen LogP contribution < -0.4 is 5.32 Å². The van der Waals surface area contributed by atoms with E-state index in [0.717, 1.165) is 18.2 Å². The Bertz CT molecular complexity index is 673. The monoisotopic (exact) mass is 302 g/mol. The van der Waals surface area contributed by atoms with Gasteiger partial charge in [0, 0.05) is 12.1 Å². The van der Waals surface area contributed by atoms with Crippen molar-refractivity contribution in [2.45, 2.75) is 12.5 Å². The lowest BCUT2D eigenvalue weighted by Gasteiger charge is -2.10. The van der Waals surface area contributed by atoms with Crippen LogP contribution in [0.5, 0.6) is 0 Å². The number of halogens is 1. The van der Waals surface area contributed by atoms with E-state index in [9.17, 15) is 27.7 Å². The van der Waals surface area contributed by atoms with E-state index in [0.29, 0.717) is 0 Å². The number of sulfone groups is 1. The summed E-state index contributed by atoms with van der Waals surface area (Å²) >= 11 is 0. The summed E-state index contributed by atoms with van der Waals surface area (Å²) in [6, 6.07) is 1.94. The van der Waals surface area contributed by atoms with Crippen molar-refractivity contribution in [1.29, 1.82) is 0 Å². The first-order valence-corrected chi connectivity index (χ1v) is 7.56. The van der Waals surface area contributed by atoms with Gasteiger partial charge in [0.25, 0.3) is 11.6 Å². The second kappa shape index (κ2) is 5.16. The summed E-state index contributed by atoms with van der Waals surface area (Å²) in [6.45, 7) is 0. The highest BCUT2D eigenvalue weighted by atomic mass is 32.2. The van der Waals surface area contributed by atoms with Gasteiger partial charge in [0.15, 0.2) is 9.84 Å². The van der Waals surface area contributed by atoms with E-state index in [2.05, 4.69) is 5.32 Å². The topological polar surface area (TPSA) is 106 Å². The average molecular weight is 302 g/mol. The van der Waals surface area contributed by atoms with Gasteiger partial charge in [-0.25, -0.2) is 12.8 Å². The summed E-state index contributed by atoms with van der Waals surface area (Å²) in [4.78, 5) is 21.9. The fraction of sp³-hybridized carbons (Fsp3) is 0.364. The van der Waals surface area contributed by atoms with Crippen molar-refractivity contribution in [3.8, 4) is 0 Å². The third-order valence-corrected chi connectivity index (χ3v) is 4.74. The van der Waals surface area contributed by atoms with Crippen LogP contribution in [0, 0.1) is 15.9 Å². The first kappa shape index (κ1) is 14.4. The standard InChI is InChI=1S/C11H11FN2O5S/c12-7-1-2-10(14(16)17)9(5-7)11(15)13-8-3-4-20(18,19)6-8/h1-2,5,8H,3-4,6H2,(H,13,15). The molecule has 1 heterocycles. The number of nitrogens with zero attached hydrogens (tertiary/aromatic N) is 1. The Hall–Kier alpha value is -2.03. The Morgan fingerprint density at radius 3 is 2.70 bits per heavy atom. The summed E-state index contributed by atoms with van der Waals surface area (Å²) in [6.07, 6.45) is 0.247. The SMILES string of the molecule is O=C(NC1CCS(=O)(=O)C1)c1cc(F)ccc1[N+](=O)[O-]. The number of hydrogen-bond donors (Lipinski definition) is 1. The number of benzene rings is 1. The third kappa shape index (κ3) is 3.10. The summed E-state index contributed by atoms with van der Waals surface area (Å²) in [7, 11) is -3.18. The van der Waals surface area contributed by atoms with Gasteiger partial charge in [-0.3, -0.25) is 14.9 Å². The van der Waals surface area contributed by atoms with Gasteiger partial charge in [-0.05, 0) is 18.6 Å². The van der Waals surface area contributed by atoms with Crippen LogP contribution in [-0.4, -0.2) is 36.8 Å². The highest BCUT2D eigenvalue weighted by Crippen LogP contribution is 2.20. The molecule has 0 aliphatic carbocycles. The Labute approximate surface area is 113 Å².